The first kappa shape index (κ1) is 17.2. The molecule has 1 aromatic carbocycles. The van der Waals surface area contributed by atoms with Gasteiger partial charge in [0.2, 0.25) is 0 Å². The van der Waals surface area contributed by atoms with Crippen molar-refractivity contribution in [3.8, 4) is 0 Å². The molecule has 0 spiro atoms. The number of aromatic carboxylic acids is 1. The van der Waals surface area contributed by atoms with E-state index in [9.17, 15) is 14.9 Å². The predicted octanol–water partition coefficient (Wildman–Crippen LogP) is 1.86. The van der Waals surface area contributed by atoms with Crippen LogP contribution in [0.15, 0.2) is 18.2 Å². The van der Waals surface area contributed by atoms with Crippen LogP contribution in [0, 0.1) is 10.1 Å². The fraction of sp³-hybridized carbons (Fsp3) is 0.462. The number of nitro benzene ring substituents is 1. The molecule has 1 heterocycles. The number of halogens is 1. The van der Waals surface area contributed by atoms with E-state index in [0.29, 0.717) is 5.69 Å². The Hall–Kier alpha value is -1.86. The lowest BCUT2D eigenvalue weighted by atomic mass is 10.1. The maximum absolute atomic E-state index is 11.0. The smallest absolute Gasteiger partial charge is 0.342 e. The van der Waals surface area contributed by atoms with Crippen molar-refractivity contribution in [2.45, 2.75) is 6.42 Å². The molecule has 116 valence electrons. The molecule has 1 aliphatic rings. The summed E-state index contributed by atoms with van der Waals surface area (Å²) in [5.41, 5.74) is 0.0790. The molecule has 0 aliphatic carbocycles. The molecule has 1 aliphatic heterocycles. The second-order valence-corrected chi connectivity index (χ2v) is 4.91. The summed E-state index contributed by atoms with van der Waals surface area (Å²) < 4.78 is 0. The molecule has 21 heavy (non-hydrogen) atoms. The minimum atomic E-state index is -1.28. The van der Waals surface area contributed by atoms with Gasteiger partial charge in [-0.05, 0) is 32.1 Å². The second-order valence-electron chi connectivity index (χ2n) is 4.91. The van der Waals surface area contributed by atoms with Crippen molar-refractivity contribution in [1.82, 2.24) is 4.90 Å². The van der Waals surface area contributed by atoms with Crippen LogP contribution >= 0.6 is 12.4 Å². The average Bonchev–Trinajstić information content (AvgIpc) is 2.62. The summed E-state index contributed by atoms with van der Waals surface area (Å²) in [4.78, 5) is 25.6. The van der Waals surface area contributed by atoms with Crippen molar-refractivity contribution in [3.63, 3.8) is 0 Å². The lowest BCUT2D eigenvalue weighted by Crippen LogP contribution is -2.28. The standard InChI is InChI=1S/C13H17N3O4.ClH/c1-14-5-2-6-15(8-7-14)10-3-4-11(13(17)18)12(9-10)16(19)20;/h3-4,9H,2,5-8H2,1H3,(H,17,18);1H. The van der Waals surface area contributed by atoms with E-state index in [2.05, 4.69) is 9.80 Å². The summed E-state index contributed by atoms with van der Waals surface area (Å²) in [5.74, 6) is -1.28. The highest BCUT2D eigenvalue weighted by Crippen LogP contribution is 2.26. The Morgan fingerprint density at radius 2 is 2.00 bits per heavy atom. The SMILES string of the molecule is CN1CCCN(c2ccc(C(=O)O)c([N+](=O)[O-])c2)CC1.Cl. The number of carbonyl (C=O) groups is 1. The summed E-state index contributed by atoms with van der Waals surface area (Å²) in [7, 11) is 2.04. The number of benzene rings is 1. The van der Waals surface area contributed by atoms with Gasteiger partial charge in [-0.25, -0.2) is 4.79 Å². The van der Waals surface area contributed by atoms with Crippen LogP contribution in [0.25, 0.3) is 0 Å². The normalized spacial score (nSPS) is 16.0. The molecule has 8 heteroatoms. The van der Waals surface area contributed by atoms with Gasteiger partial charge in [0, 0.05) is 31.4 Å². The number of likely N-dealkylation sites (N-methyl/N-ethyl adjacent to an activating group) is 1. The Morgan fingerprint density at radius 1 is 1.29 bits per heavy atom. The number of nitrogens with zero attached hydrogens (tertiary/aromatic N) is 3. The first-order chi connectivity index (χ1) is 9.49. The molecular weight excluding hydrogens is 298 g/mol. The topological polar surface area (TPSA) is 86.9 Å². The molecule has 0 radical (unpaired) electrons. The fourth-order valence-corrected chi connectivity index (χ4v) is 2.35. The molecule has 7 nitrogen and oxygen atoms in total. The van der Waals surface area contributed by atoms with Crippen molar-refractivity contribution >= 4 is 29.8 Å². The number of anilines is 1. The zero-order valence-corrected chi connectivity index (χ0v) is 12.5. The van der Waals surface area contributed by atoms with Crippen LogP contribution in [0.2, 0.25) is 0 Å². The van der Waals surface area contributed by atoms with Gasteiger partial charge in [-0.2, -0.15) is 0 Å². The van der Waals surface area contributed by atoms with Gasteiger partial charge >= 0.3 is 5.97 Å². The zero-order chi connectivity index (χ0) is 14.7. The molecule has 1 saturated heterocycles. The van der Waals surface area contributed by atoms with E-state index in [-0.39, 0.29) is 23.7 Å². The summed E-state index contributed by atoms with van der Waals surface area (Å²) in [6.45, 7) is 3.47. The van der Waals surface area contributed by atoms with Crippen molar-refractivity contribution in [3.05, 3.63) is 33.9 Å². The van der Waals surface area contributed by atoms with Crippen molar-refractivity contribution in [2.24, 2.45) is 0 Å². The van der Waals surface area contributed by atoms with Gasteiger partial charge in [0.25, 0.3) is 5.69 Å². The number of nitro groups is 1. The third kappa shape index (κ3) is 4.05. The highest BCUT2D eigenvalue weighted by molar-refractivity contribution is 5.93. The number of carboxylic acids is 1. The number of rotatable bonds is 3. The van der Waals surface area contributed by atoms with Gasteiger partial charge in [-0.3, -0.25) is 10.1 Å². The van der Waals surface area contributed by atoms with Crippen molar-refractivity contribution in [2.75, 3.05) is 38.1 Å². The average molecular weight is 316 g/mol. The summed E-state index contributed by atoms with van der Waals surface area (Å²) in [6, 6.07) is 4.31. The summed E-state index contributed by atoms with van der Waals surface area (Å²) >= 11 is 0. The molecule has 0 saturated carbocycles. The second kappa shape index (κ2) is 7.24. The summed E-state index contributed by atoms with van der Waals surface area (Å²) in [6.07, 6.45) is 0.977. The van der Waals surface area contributed by atoms with Gasteiger partial charge in [-0.1, -0.05) is 0 Å². The van der Waals surface area contributed by atoms with E-state index >= 15 is 0 Å². The highest BCUT2D eigenvalue weighted by atomic mass is 35.5. The molecule has 1 fully saturated rings. The maximum atomic E-state index is 11.0. The minimum absolute atomic E-state index is 0. The van der Waals surface area contributed by atoms with Crippen LogP contribution in [0.1, 0.15) is 16.8 Å². The van der Waals surface area contributed by atoms with E-state index in [1.807, 2.05) is 7.05 Å². The third-order valence-corrected chi connectivity index (χ3v) is 3.49. The van der Waals surface area contributed by atoms with Gasteiger partial charge in [0.1, 0.15) is 5.56 Å². The molecule has 0 bridgehead atoms. The van der Waals surface area contributed by atoms with Gasteiger partial charge in [-0.15, -0.1) is 12.4 Å². The largest absolute Gasteiger partial charge is 0.477 e. The van der Waals surface area contributed by atoms with E-state index in [0.717, 1.165) is 32.6 Å². The van der Waals surface area contributed by atoms with E-state index < -0.39 is 10.9 Å². The fourth-order valence-electron chi connectivity index (χ4n) is 2.35. The van der Waals surface area contributed by atoms with Gasteiger partial charge in [0.15, 0.2) is 0 Å². The van der Waals surface area contributed by atoms with E-state index in [4.69, 9.17) is 5.11 Å². The molecular formula is C13H18ClN3O4. The molecule has 2 rings (SSSR count). The van der Waals surface area contributed by atoms with Gasteiger partial charge < -0.3 is 14.9 Å². The number of carboxylic acid groups (broad SMARTS) is 1. The molecule has 1 aromatic rings. The quantitative estimate of drug-likeness (QED) is 0.676. The Morgan fingerprint density at radius 3 is 2.62 bits per heavy atom. The Balaban J connectivity index is 0.00000220. The molecule has 0 aromatic heterocycles. The summed E-state index contributed by atoms with van der Waals surface area (Å²) in [5, 5.41) is 20.0. The lowest BCUT2D eigenvalue weighted by Gasteiger charge is -2.22. The number of hydrogen-bond donors (Lipinski definition) is 1. The number of hydrogen-bond acceptors (Lipinski definition) is 5. The highest BCUT2D eigenvalue weighted by Gasteiger charge is 2.22. The lowest BCUT2D eigenvalue weighted by molar-refractivity contribution is -0.385. The Bertz CT molecular complexity index is 538. The van der Waals surface area contributed by atoms with Crippen LogP contribution in [0.3, 0.4) is 0 Å². The Labute approximate surface area is 128 Å². The Kier molecular flexibility index (Phi) is 5.92. The molecule has 0 unspecified atom stereocenters. The van der Waals surface area contributed by atoms with Crippen LogP contribution in [0.4, 0.5) is 11.4 Å². The van der Waals surface area contributed by atoms with Crippen LogP contribution in [-0.4, -0.2) is 54.1 Å². The molecule has 0 atom stereocenters. The molecule has 0 amide bonds. The van der Waals surface area contributed by atoms with E-state index in [1.54, 1.807) is 6.07 Å². The predicted molar refractivity (Wildman–Crippen MR) is 81.6 cm³/mol. The van der Waals surface area contributed by atoms with Gasteiger partial charge in [0.05, 0.1) is 4.92 Å². The van der Waals surface area contributed by atoms with Crippen LogP contribution in [-0.2, 0) is 0 Å². The molecule has 1 N–H and O–H groups in total. The maximum Gasteiger partial charge on any atom is 0.342 e. The first-order valence-electron chi connectivity index (χ1n) is 6.44. The zero-order valence-electron chi connectivity index (χ0n) is 11.7. The monoisotopic (exact) mass is 315 g/mol. The third-order valence-electron chi connectivity index (χ3n) is 3.49. The van der Waals surface area contributed by atoms with E-state index in [1.165, 1.54) is 12.1 Å². The van der Waals surface area contributed by atoms with Crippen LogP contribution in [0.5, 0.6) is 0 Å². The van der Waals surface area contributed by atoms with Crippen molar-refractivity contribution < 1.29 is 14.8 Å². The minimum Gasteiger partial charge on any atom is -0.477 e. The van der Waals surface area contributed by atoms with Crippen LogP contribution < -0.4 is 4.90 Å². The first-order valence-corrected chi connectivity index (χ1v) is 6.44. The van der Waals surface area contributed by atoms with Crippen molar-refractivity contribution in [1.29, 1.82) is 0 Å².